The van der Waals surface area contributed by atoms with E-state index in [-0.39, 0.29) is 18.8 Å². The molecule has 24 heavy (non-hydrogen) atoms. The van der Waals surface area contributed by atoms with Gasteiger partial charge >= 0.3 is 5.97 Å². The Morgan fingerprint density at radius 2 is 1.88 bits per heavy atom. The lowest BCUT2D eigenvalue weighted by atomic mass is 9.91. The van der Waals surface area contributed by atoms with Crippen molar-refractivity contribution >= 4 is 5.97 Å². The summed E-state index contributed by atoms with van der Waals surface area (Å²) in [5.41, 5.74) is 7.74. The molecule has 0 aliphatic carbocycles. The highest BCUT2D eigenvalue weighted by atomic mass is 19.1. The molecular formula is C19H22FNO3. The van der Waals surface area contributed by atoms with Gasteiger partial charge < -0.3 is 9.84 Å². The van der Waals surface area contributed by atoms with Crippen LogP contribution in [0.15, 0.2) is 36.4 Å². The van der Waals surface area contributed by atoms with E-state index < -0.39 is 11.7 Å². The summed E-state index contributed by atoms with van der Waals surface area (Å²) >= 11 is 0. The average Bonchev–Trinajstić information content (AvgIpc) is 2.46. The minimum Gasteiger partial charge on any atom is -0.466 e. The van der Waals surface area contributed by atoms with E-state index >= 15 is 0 Å². The molecule has 0 amide bonds. The van der Waals surface area contributed by atoms with Crippen molar-refractivity contribution in [2.75, 3.05) is 6.61 Å². The van der Waals surface area contributed by atoms with Gasteiger partial charge in [-0.05, 0) is 66.8 Å². The van der Waals surface area contributed by atoms with Crippen molar-refractivity contribution in [3.63, 3.8) is 0 Å². The Kier molecular flexibility index (Phi) is 5.36. The monoisotopic (exact) mass is 331 g/mol. The van der Waals surface area contributed by atoms with Crippen LogP contribution >= 0.6 is 0 Å². The summed E-state index contributed by atoms with van der Waals surface area (Å²) in [5.74, 6) is -0.857. The van der Waals surface area contributed by atoms with Gasteiger partial charge in [0.1, 0.15) is 11.5 Å². The van der Waals surface area contributed by atoms with Crippen LogP contribution in [0.25, 0.3) is 11.1 Å². The molecule has 0 saturated heterocycles. The van der Waals surface area contributed by atoms with E-state index in [9.17, 15) is 14.3 Å². The molecule has 0 spiro atoms. The first kappa shape index (κ1) is 18.1. The van der Waals surface area contributed by atoms with E-state index in [4.69, 9.17) is 10.5 Å². The number of aliphatic hydroxyl groups is 1. The standard InChI is InChI=1S/C19H22FNO3/c1-4-24-17(22)11-19(21,23)15-7-5-6-14(10-15)18-12(2)8-16(20)9-13(18)3/h5-10,23H,4,11,21H2,1-3H3/t19-/m0/s1. The summed E-state index contributed by atoms with van der Waals surface area (Å²) in [7, 11) is 0. The average molecular weight is 331 g/mol. The van der Waals surface area contributed by atoms with Gasteiger partial charge in [-0.2, -0.15) is 0 Å². The van der Waals surface area contributed by atoms with Crippen molar-refractivity contribution < 1.29 is 19.0 Å². The third-order valence-corrected chi connectivity index (χ3v) is 3.87. The van der Waals surface area contributed by atoms with Gasteiger partial charge in [-0.3, -0.25) is 10.5 Å². The zero-order valence-corrected chi connectivity index (χ0v) is 14.1. The molecule has 5 heteroatoms. The van der Waals surface area contributed by atoms with E-state index in [1.54, 1.807) is 25.1 Å². The van der Waals surface area contributed by atoms with Crippen molar-refractivity contribution in [3.05, 3.63) is 58.9 Å². The lowest BCUT2D eigenvalue weighted by Gasteiger charge is -2.23. The van der Waals surface area contributed by atoms with Crippen molar-refractivity contribution in [2.24, 2.45) is 5.73 Å². The maximum Gasteiger partial charge on any atom is 0.310 e. The maximum atomic E-state index is 13.5. The Morgan fingerprint density at radius 1 is 1.25 bits per heavy atom. The van der Waals surface area contributed by atoms with Crippen LogP contribution in [0.3, 0.4) is 0 Å². The number of ether oxygens (including phenoxy) is 1. The van der Waals surface area contributed by atoms with Crippen molar-refractivity contribution in [1.29, 1.82) is 0 Å². The summed E-state index contributed by atoms with van der Waals surface area (Å²) in [6.45, 7) is 5.56. The second-order valence-corrected chi connectivity index (χ2v) is 5.90. The Labute approximate surface area is 141 Å². The fourth-order valence-electron chi connectivity index (χ4n) is 2.84. The van der Waals surface area contributed by atoms with E-state index in [0.717, 1.165) is 22.3 Å². The molecule has 0 saturated carbocycles. The molecule has 0 fully saturated rings. The van der Waals surface area contributed by atoms with Crippen LogP contribution in [0.5, 0.6) is 0 Å². The summed E-state index contributed by atoms with van der Waals surface area (Å²) < 4.78 is 18.3. The van der Waals surface area contributed by atoms with E-state index in [2.05, 4.69) is 0 Å². The predicted octanol–water partition coefficient (Wildman–Crippen LogP) is 3.17. The van der Waals surface area contributed by atoms with Crippen LogP contribution < -0.4 is 5.73 Å². The van der Waals surface area contributed by atoms with E-state index in [1.807, 2.05) is 19.9 Å². The number of halogens is 1. The molecule has 0 unspecified atom stereocenters. The second kappa shape index (κ2) is 7.11. The molecular weight excluding hydrogens is 309 g/mol. The number of carbonyl (C=O) groups is 1. The second-order valence-electron chi connectivity index (χ2n) is 5.90. The zero-order valence-electron chi connectivity index (χ0n) is 14.1. The number of hydrogen-bond donors (Lipinski definition) is 2. The topological polar surface area (TPSA) is 72.5 Å². The highest BCUT2D eigenvalue weighted by Gasteiger charge is 2.28. The van der Waals surface area contributed by atoms with Gasteiger partial charge in [0.25, 0.3) is 0 Å². The minimum atomic E-state index is -1.83. The summed E-state index contributed by atoms with van der Waals surface area (Å²) in [5, 5.41) is 10.5. The van der Waals surface area contributed by atoms with Gasteiger partial charge in [0.2, 0.25) is 0 Å². The molecule has 3 N–H and O–H groups in total. The molecule has 2 aromatic rings. The molecule has 2 rings (SSSR count). The normalized spacial score (nSPS) is 13.4. The first-order valence-electron chi connectivity index (χ1n) is 7.79. The molecule has 4 nitrogen and oxygen atoms in total. The first-order valence-corrected chi connectivity index (χ1v) is 7.79. The SMILES string of the molecule is CCOC(=O)C[C@](N)(O)c1cccc(-c2c(C)cc(F)cc2C)c1. The van der Waals surface area contributed by atoms with Crippen molar-refractivity contribution in [3.8, 4) is 11.1 Å². The van der Waals surface area contributed by atoms with Crippen LogP contribution in [-0.2, 0) is 15.3 Å². The zero-order chi connectivity index (χ0) is 17.9. The van der Waals surface area contributed by atoms with Gasteiger partial charge in [0.05, 0.1) is 13.0 Å². The first-order chi connectivity index (χ1) is 11.2. The van der Waals surface area contributed by atoms with Gasteiger partial charge in [-0.1, -0.05) is 18.2 Å². The molecule has 0 aliphatic rings. The molecule has 0 aliphatic heterocycles. The lowest BCUT2D eigenvalue weighted by Crippen LogP contribution is -2.39. The third-order valence-electron chi connectivity index (χ3n) is 3.87. The third kappa shape index (κ3) is 3.99. The molecule has 1 atom stereocenters. The van der Waals surface area contributed by atoms with Crippen molar-refractivity contribution in [2.45, 2.75) is 32.9 Å². The quantitative estimate of drug-likeness (QED) is 0.652. The smallest absolute Gasteiger partial charge is 0.310 e. The molecule has 0 aromatic heterocycles. The Balaban J connectivity index is 2.41. The van der Waals surface area contributed by atoms with Crippen LogP contribution in [0.1, 0.15) is 30.0 Å². The number of benzene rings is 2. The molecule has 128 valence electrons. The van der Waals surface area contributed by atoms with E-state index in [0.29, 0.717) is 5.56 Å². The van der Waals surface area contributed by atoms with Crippen LogP contribution in [-0.4, -0.2) is 17.7 Å². The molecule has 0 heterocycles. The predicted molar refractivity (Wildman–Crippen MR) is 90.6 cm³/mol. The van der Waals surface area contributed by atoms with Crippen molar-refractivity contribution in [1.82, 2.24) is 0 Å². The van der Waals surface area contributed by atoms with Gasteiger partial charge in [-0.15, -0.1) is 0 Å². The molecule has 0 radical (unpaired) electrons. The van der Waals surface area contributed by atoms with Crippen LogP contribution in [0.2, 0.25) is 0 Å². The maximum absolute atomic E-state index is 13.5. The van der Waals surface area contributed by atoms with Gasteiger partial charge in [-0.25, -0.2) is 4.39 Å². The highest BCUT2D eigenvalue weighted by molar-refractivity contribution is 5.73. The lowest BCUT2D eigenvalue weighted by molar-refractivity contribution is -0.148. The Bertz CT molecular complexity index is 733. The van der Waals surface area contributed by atoms with Crippen LogP contribution in [0, 0.1) is 19.7 Å². The fraction of sp³-hybridized carbons (Fsp3) is 0.316. The number of aryl methyl sites for hydroxylation is 2. The Hall–Kier alpha value is -2.24. The number of carbonyl (C=O) groups excluding carboxylic acids is 1. The van der Waals surface area contributed by atoms with Gasteiger partial charge in [0, 0.05) is 0 Å². The van der Waals surface area contributed by atoms with Crippen LogP contribution in [0.4, 0.5) is 4.39 Å². The largest absolute Gasteiger partial charge is 0.466 e. The number of nitrogens with two attached hydrogens (primary N) is 1. The number of hydrogen-bond acceptors (Lipinski definition) is 4. The number of esters is 1. The fourth-order valence-corrected chi connectivity index (χ4v) is 2.84. The molecule has 0 bridgehead atoms. The van der Waals surface area contributed by atoms with E-state index in [1.165, 1.54) is 12.1 Å². The number of rotatable bonds is 5. The summed E-state index contributed by atoms with van der Waals surface area (Å²) in [6, 6.07) is 9.89. The minimum absolute atomic E-state index is 0.225. The highest BCUT2D eigenvalue weighted by Crippen LogP contribution is 2.31. The molecule has 2 aromatic carbocycles. The Morgan fingerprint density at radius 3 is 2.46 bits per heavy atom. The summed E-state index contributed by atoms with van der Waals surface area (Å²) in [4.78, 5) is 11.6. The summed E-state index contributed by atoms with van der Waals surface area (Å²) in [6.07, 6.45) is -0.342. The van der Waals surface area contributed by atoms with Gasteiger partial charge in [0.15, 0.2) is 0 Å².